The zero-order chi connectivity index (χ0) is 15.1. The van der Waals surface area contributed by atoms with Crippen molar-refractivity contribution in [1.82, 2.24) is 5.32 Å². The van der Waals surface area contributed by atoms with Crippen molar-refractivity contribution in [2.45, 2.75) is 0 Å². The van der Waals surface area contributed by atoms with E-state index in [0.29, 0.717) is 18.2 Å². The number of carboxylic acids is 1. The smallest absolute Gasteiger partial charge is 0.338 e. The average molecular weight is 306 g/mol. The minimum atomic E-state index is -1.07. The standard InChI is InChI=1S/C14H14N2O4S/c17-13(18)11-6-9-21-12(11)16-14(19)15-7-8-20-10-4-2-1-3-5-10/h1-6,9H,7-8H2,(H,17,18)(H2,15,16,19). The molecule has 0 aliphatic rings. The highest BCUT2D eigenvalue weighted by atomic mass is 32.1. The van der Waals surface area contributed by atoms with Crippen molar-refractivity contribution >= 4 is 28.3 Å². The number of para-hydroxylation sites is 1. The lowest BCUT2D eigenvalue weighted by atomic mass is 10.3. The zero-order valence-corrected chi connectivity index (χ0v) is 11.9. The monoisotopic (exact) mass is 306 g/mol. The minimum absolute atomic E-state index is 0.0793. The van der Waals surface area contributed by atoms with Gasteiger partial charge in [-0.25, -0.2) is 9.59 Å². The summed E-state index contributed by atoms with van der Waals surface area (Å²) in [5.74, 6) is -0.343. The number of rotatable bonds is 6. The van der Waals surface area contributed by atoms with Crippen LogP contribution in [-0.4, -0.2) is 30.3 Å². The van der Waals surface area contributed by atoms with E-state index in [1.807, 2.05) is 30.3 Å². The molecule has 7 heteroatoms. The summed E-state index contributed by atoms with van der Waals surface area (Å²) in [6.45, 7) is 0.641. The zero-order valence-electron chi connectivity index (χ0n) is 11.0. The number of ether oxygens (including phenoxy) is 1. The van der Waals surface area contributed by atoms with E-state index in [9.17, 15) is 9.59 Å². The number of hydrogen-bond donors (Lipinski definition) is 3. The van der Waals surface area contributed by atoms with Crippen LogP contribution in [0.5, 0.6) is 5.75 Å². The molecule has 0 spiro atoms. The van der Waals surface area contributed by atoms with E-state index in [4.69, 9.17) is 9.84 Å². The van der Waals surface area contributed by atoms with E-state index >= 15 is 0 Å². The maximum atomic E-state index is 11.6. The molecule has 1 aromatic carbocycles. The summed E-state index contributed by atoms with van der Waals surface area (Å²) >= 11 is 1.16. The van der Waals surface area contributed by atoms with E-state index < -0.39 is 12.0 Å². The van der Waals surface area contributed by atoms with Gasteiger partial charge < -0.3 is 15.2 Å². The lowest BCUT2D eigenvalue weighted by Crippen LogP contribution is -2.32. The fraction of sp³-hybridized carbons (Fsp3) is 0.143. The summed E-state index contributed by atoms with van der Waals surface area (Å²) in [4.78, 5) is 22.5. The van der Waals surface area contributed by atoms with E-state index in [-0.39, 0.29) is 5.56 Å². The molecule has 0 saturated carbocycles. The number of anilines is 1. The largest absolute Gasteiger partial charge is 0.492 e. The second-order valence-electron chi connectivity index (χ2n) is 4.01. The van der Waals surface area contributed by atoms with E-state index in [2.05, 4.69) is 10.6 Å². The Morgan fingerprint density at radius 3 is 2.67 bits per heavy atom. The maximum Gasteiger partial charge on any atom is 0.338 e. The van der Waals surface area contributed by atoms with Crippen LogP contribution >= 0.6 is 11.3 Å². The fourth-order valence-electron chi connectivity index (χ4n) is 1.57. The Labute approximate surface area is 125 Å². The summed E-state index contributed by atoms with van der Waals surface area (Å²) in [6.07, 6.45) is 0. The first-order valence-electron chi connectivity index (χ1n) is 6.20. The molecule has 110 valence electrons. The van der Waals surface area contributed by atoms with E-state index in [1.54, 1.807) is 5.38 Å². The molecule has 0 atom stereocenters. The van der Waals surface area contributed by atoms with Crippen LogP contribution in [0.3, 0.4) is 0 Å². The second-order valence-corrected chi connectivity index (χ2v) is 4.93. The lowest BCUT2D eigenvalue weighted by molar-refractivity contribution is 0.0698. The Bertz CT molecular complexity index is 612. The predicted molar refractivity (Wildman–Crippen MR) is 80.2 cm³/mol. The van der Waals surface area contributed by atoms with Crippen LogP contribution in [0.25, 0.3) is 0 Å². The molecule has 0 aliphatic heterocycles. The SMILES string of the molecule is O=C(NCCOc1ccccc1)Nc1sccc1C(=O)O. The van der Waals surface area contributed by atoms with Crippen molar-refractivity contribution in [2.75, 3.05) is 18.5 Å². The quantitative estimate of drug-likeness (QED) is 0.716. The number of urea groups is 1. The van der Waals surface area contributed by atoms with Crippen LogP contribution in [0.1, 0.15) is 10.4 Å². The summed E-state index contributed by atoms with van der Waals surface area (Å²) < 4.78 is 5.42. The van der Waals surface area contributed by atoms with E-state index in [1.165, 1.54) is 6.07 Å². The van der Waals surface area contributed by atoms with Crippen molar-refractivity contribution in [3.05, 3.63) is 47.3 Å². The van der Waals surface area contributed by atoms with E-state index in [0.717, 1.165) is 17.1 Å². The van der Waals surface area contributed by atoms with Crippen molar-refractivity contribution < 1.29 is 19.4 Å². The van der Waals surface area contributed by atoms with Gasteiger partial charge in [-0.05, 0) is 23.6 Å². The van der Waals surface area contributed by atoms with Crippen LogP contribution in [0.4, 0.5) is 9.80 Å². The number of carbonyl (C=O) groups excluding carboxylic acids is 1. The molecule has 0 aliphatic carbocycles. The van der Waals surface area contributed by atoms with Crippen molar-refractivity contribution in [3.8, 4) is 5.75 Å². The van der Waals surface area contributed by atoms with Crippen LogP contribution in [0, 0.1) is 0 Å². The normalized spacial score (nSPS) is 9.90. The van der Waals surface area contributed by atoms with Gasteiger partial charge in [0.2, 0.25) is 0 Å². The second kappa shape index (κ2) is 7.30. The Hall–Kier alpha value is -2.54. The number of nitrogens with one attached hydrogen (secondary N) is 2. The highest BCUT2D eigenvalue weighted by Crippen LogP contribution is 2.22. The number of benzene rings is 1. The molecule has 6 nitrogen and oxygen atoms in total. The predicted octanol–water partition coefficient (Wildman–Crippen LogP) is 2.65. The minimum Gasteiger partial charge on any atom is -0.492 e. The maximum absolute atomic E-state index is 11.6. The molecule has 2 amide bonds. The molecule has 1 heterocycles. The van der Waals surface area contributed by atoms with Crippen LogP contribution in [0.2, 0.25) is 0 Å². The molecule has 21 heavy (non-hydrogen) atoms. The third-order valence-corrected chi connectivity index (χ3v) is 3.35. The molecule has 1 aromatic heterocycles. The van der Waals surface area contributed by atoms with Crippen molar-refractivity contribution in [2.24, 2.45) is 0 Å². The molecule has 0 saturated heterocycles. The van der Waals surface area contributed by atoms with Crippen LogP contribution in [-0.2, 0) is 0 Å². The number of hydrogen-bond acceptors (Lipinski definition) is 4. The molecule has 2 rings (SSSR count). The summed E-state index contributed by atoms with van der Waals surface area (Å²) in [7, 11) is 0. The van der Waals surface area contributed by atoms with Gasteiger partial charge in [-0.3, -0.25) is 5.32 Å². The molecular formula is C14H14N2O4S. The number of carbonyl (C=O) groups is 2. The van der Waals surface area contributed by atoms with Crippen molar-refractivity contribution in [1.29, 1.82) is 0 Å². The third kappa shape index (κ3) is 4.50. The molecule has 3 N–H and O–H groups in total. The lowest BCUT2D eigenvalue weighted by Gasteiger charge is -2.08. The Balaban J connectivity index is 1.73. The van der Waals surface area contributed by atoms with Gasteiger partial charge in [-0.15, -0.1) is 11.3 Å². The first-order chi connectivity index (χ1) is 10.2. The molecule has 0 fully saturated rings. The molecule has 0 unspecified atom stereocenters. The number of amides is 2. The average Bonchev–Trinajstić information content (AvgIpc) is 2.93. The Morgan fingerprint density at radius 1 is 1.19 bits per heavy atom. The highest BCUT2D eigenvalue weighted by molar-refractivity contribution is 7.14. The summed E-state index contributed by atoms with van der Waals surface area (Å²) in [5, 5.41) is 15.9. The topological polar surface area (TPSA) is 87.7 Å². The van der Waals surface area contributed by atoms with Crippen LogP contribution in [0.15, 0.2) is 41.8 Å². The van der Waals surface area contributed by atoms with Crippen molar-refractivity contribution in [3.63, 3.8) is 0 Å². The van der Waals surface area contributed by atoms with Gasteiger partial charge in [0.25, 0.3) is 0 Å². The first kappa shape index (κ1) is 14.9. The molecule has 0 bridgehead atoms. The van der Waals surface area contributed by atoms with Gasteiger partial charge in [-0.1, -0.05) is 18.2 Å². The van der Waals surface area contributed by atoms with Gasteiger partial charge in [-0.2, -0.15) is 0 Å². The number of thiophene rings is 1. The van der Waals surface area contributed by atoms with Gasteiger partial charge in [0.05, 0.1) is 12.1 Å². The number of aromatic carboxylic acids is 1. The van der Waals surface area contributed by atoms with Gasteiger partial charge in [0.15, 0.2) is 0 Å². The summed E-state index contributed by atoms with van der Waals surface area (Å²) in [6, 6.07) is 10.2. The molecular weight excluding hydrogens is 292 g/mol. The highest BCUT2D eigenvalue weighted by Gasteiger charge is 2.13. The van der Waals surface area contributed by atoms with Gasteiger partial charge >= 0.3 is 12.0 Å². The van der Waals surface area contributed by atoms with Crippen LogP contribution < -0.4 is 15.4 Å². The first-order valence-corrected chi connectivity index (χ1v) is 7.08. The Kier molecular flexibility index (Phi) is 5.16. The number of carboxylic acid groups (broad SMARTS) is 1. The van der Waals surface area contributed by atoms with Gasteiger partial charge in [0.1, 0.15) is 17.4 Å². The molecule has 0 radical (unpaired) electrons. The summed E-state index contributed by atoms with van der Waals surface area (Å²) in [5.41, 5.74) is 0.0793. The third-order valence-electron chi connectivity index (χ3n) is 2.52. The fourth-order valence-corrected chi connectivity index (χ4v) is 2.35. The van der Waals surface area contributed by atoms with Gasteiger partial charge in [0, 0.05) is 0 Å². The molecule has 2 aromatic rings. The Morgan fingerprint density at radius 2 is 1.95 bits per heavy atom.